The number of nitrogens with zero attached hydrogens (tertiary/aromatic N) is 2. The van der Waals surface area contributed by atoms with Gasteiger partial charge in [-0.15, -0.1) is 0 Å². The van der Waals surface area contributed by atoms with Crippen LogP contribution in [0, 0.1) is 22.7 Å². The van der Waals surface area contributed by atoms with E-state index in [-0.39, 0.29) is 6.42 Å². The van der Waals surface area contributed by atoms with Crippen molar-refractivity contribution in [2.75, 3.05) is 19.6 Å². The number of nitriles is 1. The van der Waals surface area contributed by atoms with Crippen LogP contribution in [0.15, 0.2) is 0 Å². The Labute approximate surface area is 78.8 Å². The van der Waals surface area contributed by atoms with Crippen LogP contribution < -0.4 is 5.73 Å². The van der Waals surface area contributed by atoms with Crippen LogP contribution >= 0.6 is 0 Å². The van der Waals surface area contributed by atoms with Crippen molar-refractivity contribution in [2.24, 2.45) is 11.7 Å². The Morgan fingerprint density at radius 3 is 2.62 bits per heavy atom. The van der Waals surface area contributed by atoms with E-state index in [4.69, 9.17) is 16.4 Å². The maximum atomic E-state index is 8.43. The van der Waals surface area contributed by atoms with E-state index in [9.17, 15) is 0 Å². The molecule has 72 valence electrons. The number of amidine groups is 1. The van der Waals surface area contributed by atoms with Gasteiger partial charge < -0.3 is 10.6 Å². The molecule has 0 aromatic rings. The second kappa shape index (κ2) is 4.83. The van der Waals surface area contributed by atoms with E-state index >= 15 is 0 Å². The van der Waals surface area contributed by atoms with Gasteiger partial charge in [0, 0.05) is 13.1 Å². The molecule has 0 amide bonds. The molecule has 1 saturated heterocycles. The lowest BCUT2D eigenvalue weighted by Crippen LogP contribution is -2.39. The molecular formula is C9H16N4. The molecule has 4 nitrogen and oxygen atoms in total. The standard InChI is InChI=1S/C9H16N4/c10-4-1-9(12)13-5-2-8(7-11)3-6-13/h8,12H,1-3,5-7,11H2. The predicted molar refractivity (Wildman–Crippen MR) is 51.3 cm³/mol. The van der Waals surface area contributed by atoms with Crippen molar-refractivity contribution >= 4 is 5.84 Å². The van der Waals surface area contributed by atoms with Crippen molar-refractivity contribution in [3.8, 4) is 6.07 Å². The fourth-order valence-corrected chi connectivity index (χ4v) is 1.63. The summed E-state index contributed by atoms with van der Waals surface area (Å²) in [5, 5.41) is 16.0. The SMILES string of the molecule is N#CCC(=N)N1CCC(CN)CC1. The molecule has 0 bridgehead atoms. The minimum absolute atomic E-state index is 0.229. The van der Waals surface area contributed by atoms with Gasteiger partial charge in [-0.1, -0.05) is 0 Å². The molecule has 1 rings (SSSR count). The maximum absolute atomic E-state index is 8.43. The van der Waals surface area contributed by atoms with Crippen LogP contribution in [0.25, 0.3) is 0 Å². The molecule has 13 heavy (non-hydrogen) atoms. The van der Waals surface area contributed by atoms with Crippen LogP contribution in [0.2, 0.25) is 0 Å². The van der Waals surface area contributed by atoms with Crippen LogP contribution in [0.5, 0.6) is 0 Å². The first-order chi connectivity index (χ1) is 6.27. The highest BCUT2D eigenvalue weighted by Gasteiger charge is 2.19. The van der Waals surface area contributed by atoms with Gasteiger partial charge in [0.25, 0.3) is 0 Å². The van der Waals surface area contributed by atoms with Crippen LogP contribution in [-0.4, -0.2) is 30.4 Å². The zero-order chi connectivity index (χ0) is 9.68. The van der Waals surface area contributed by atoms with Gasteiger partial charge in [-0.2, -0.15) is 5.26 Å². The summed E-state index contributed by atoms with van der Waals surface area (Å²) < 4.78 is 0. The molecule has 3 N–H and O–H groups in total. The minimum atomic E-state index is 0.229. The summed E-state index contributed by atoms with van der Waals surface area (Å²) in [6, 6.07) is 2.00. The summed E-state index contributed by atoms with van der Waals surface area (Å²) in [6.07, 6.45) is 2.35. The number of nitrogens with one attached hydrogen (secondary N) is 1. The molecule has 0 saturated carbocycles. The number of likely N-dealkylation sites (tertiary alicyclic amines) is 1. The number of rotatable bonds is 2. The average Bonchev–Trinajstić information content (AvgIpc) is 2.18. The molecule has 0 aromatic heterocycles. The first kappa shape index (κ1) is 10.0. The third-order valence-electron chi connectivity index (χ3n) is 2.58. The van der Waals surface area contributed by atoms with Gasteiger partial charge in [0.1, 0.15) is 5.84 Å². The molecule has 1 fully saturated rings. The summed E-state index contributed by atoms with van der Waals surface area (Å²) in [7, 11) is 0. The molecule has 1 heterocycles. The molecule has 1 aliphatic heterocycles. The van der Waals surface area contributed by atoms with Crippen molar-refractivity contribution in [1.82, 2.24) is 4.90 Å². The van der Waals surface area contributed by atoms with E-state index in [1.54, 1.807) is 0 Å². The lowest BCUT2D eigenvalue weighted by atomic mass is 9.97. The molecule has 4 heteroatoms. The Balaban J connectivity index is 2.33. The first-order valence-electron chi connectivity index (χ1n) is 4.67. The van der Waals surface area contributed by atoms with E-state index in [0.29, 0.717) is 11.8 Å². The quantitative estimate of drug-likeness (QED) is 0.481. The van der Waals surface area contributed by atoms with Crippen LogP contribution in [0.4, 0.5) is 0 Å². The Morgan fingerprint density at radius 2 is 2.15 bits per heavy atom. The van der Waals surface area contributed by atoms with Gasteiger partial charge in [0.05, 0.1) is 12.5 Å². The van der Waals surface area contributed by atoms with Crippen LogP contribution in [0.3, 0.4) is 0 Å². The Kier molecular flexibility index (Phi) is 3.71. The van der Waals surface area contributed by atoms with Gasteiger partial charge in [0.15, 0.2) is 0 Å². The van der Waals surface area contributed by atoms with Gasteiger partial charge in [-0.3, -0.25) is 5.41 Å². The summed E-state index contributed by atoms with van der Waals surface area (Å²) in [5.74, 6) is 1.07. The summed E-state index contributed by atoms with van der Waals surface area (Å²) in [5.41, 5.74) is 5.56. The van der Waals surface area contributed by atoms with E-state index < -0.39 is 0 Å². The van der Waals surface area contributed by atoms with Gasteiger partial charge in [-0.05, 0) is 25.3 Å². The fraction of sp³-hybridized carbons (Fsp3) is 0.778. The van der Waals surface area contributed by atoms with Gasteiger partial charge in [-0.25, -0.2) is 0 Å². The van der Waals surface area contributed by atoms with E-state index in [1.165, 1.54) is 0 Å². The second-order valence-corrected chi connectivity index (χ2v) is 3.45. The highest BCUT2D eigenvalue weighted by molar-refractivity contribution is 5.81. The van der Waals surface area contributed by atoms with Crippen molar-refractivity contribution < 1.29 is 0 Å². The molecule has 0 aromatic carbocycles. The van der Waals surface area contributed by atoms with E-state index in [2.05, 4.69) is 0 Å². The van der Waals surface area contributed by atoms with Crippen molar-refractivity contribution in [3.63, 3.8) is 0 Å². The van der Waals surface area contributed by atoms with Crippen molar-refractivity contribution in [1.29, 1.82) is 10.7 Å². The maximum Gasteiger partial charge on any atom is 0.110 e. The van der Waals surface area contributed by atoms with E-state index in [0.717, 1.165) is 32.5 Å². The van der Waals surface area contributed by atoms with Gasteiger partial charge >= 0.3 is 0 Å². The molecule has 0 aliphatic carbocycles. The lowest BCUT2D eigenvalue weighted by molar-refractivity contribution is 0.267. The number of piperidine rings is 1. The molecule has 0 atom stereocenters. The second-order valence-electron chi connectivity index (χ2n) is 3.45. The first-order valence-corrected chi connectivity index (χ1v) is 4.67. The summed E-state index contributed by atoms with van der Waals surface area (Å²) in [6.45, 7) is 2.53. The van der Waals surface area contributed by atoms with Crippen molar-refractivity contribution in [2.45, 2.75) is 19.3 Å². The lowest BCUT2D eigenvalue weighted by Gasteiger charge is -2.32. The molecule has 1 aliphatic rings. The average molecular weight is 180 g/mol. The number of nitrogens with two attached hydrogens (primary N) is 1. The van der Waals surface area contributed by atoms with E-state index in [1.807, 2.05) is 11.0 Å². The topological polar surface area (TPSA) is 76.9 Å². The molecule has 0 spiro atoms. The zero-order valence-electron chi connectivity index (χ0n) is 7.79. The third kappa shape index (κ3) is 2.71. The third-order valence-corrected chi connectivity index (χ3v) is 2.58. The number of hydrogen-bond acceptors (Lipinski definition) is 3. The normalized spacial score (nSPS) is 18.3. The van der Waals surface area contributed by atoms with Crippen LogP contribution in [0.1, 0.15) is 19.3 Å². The minimum Gasteiger partial charge on any atom is -0.360 e. The molecule has 0 unspecified atom stereocenters. The van der Waals surface area contributed by atoms with Crippen LogP contribution in [-0.2, 0) is 0 Å². The fourth-order valence-electron chi connectivity index (χ4n) is 1.63. The summed E-state index contributed by atoms with van der Waals surface area (Å²) >= 11 is 0. The molecular weight excluding hydrogens is 164 g/mol. The number of hydrogen-bond donors (Lipinski definition) is 2. The predicted octanol–water partition coefficient (Wildman–Crippen LogP) is 0.548. The Morgan fingerprint density at radius 1 is 1.54 bits per heavy atom. The Hall–Kier alpha value is -1.08. The van der Waals surface area contributed by atoms with Crippen molar-refractivity contribution in [3.05, 3.63) is 0 Å². The smallest absolute Gasteiger partial charge is 0.110 e. The monoisotopic (exact) mass is 180 g/mol. The highest BCUT2D eigenvalue weighted by Crippen LogP contribution is 2.16. The zero-order valence-corrected chi connectivity index (χ0v) is 7.79. The largest absolute Gasteiger partial charge is 0.360 e. The van der Waals surface area contributed by atoms with Gasteiger partial charge in [0.2, 0.25) is 0 Å². The Bertz CT molecular complexity index is 210. The summed E-state index contributed by atoms with van der Waals surface area (Å²) in [4.78, 5) is 1.98. The molecule has 0 radical (unpaired) electrons. The highest BCUT2D eigenvalue weighted by atomic mass is 15.2.